The molecule has 90 valence electrons. The van der Waals surface area contributed by atoms with Gasteiger partial charge < -0.3 is 9.47 Å². The number of amides is 1. The Morgan fingerprint density at radius 3 is 2.33 bits per heavy atom. The summed E-state index contributed by atoms with van der Waals surface area (Å²) in [6, 6.07) is 0. The normalized spacial score (nSPS) is 13.5. The minimum absolute atomic E-state index is 0.145. The van der Waals surface area contributed by atoms with Crippen LogP contribution in [0.15, 0.2) is 0 Å². The van der Waals surface area contributed by atoms with Gasteiger partial charge in [0.05, 0.1) is 6.67 Å². The van der Waals surface area contributed by atoms with E-state index < -0.39 is 24.6 Å². The van der Waals surface area contributed by atoms with E-state index >= 15 is 0 Å². The molecule has 0 aliphatic heterocycles. The van der Waals surface area contributed by atoms with E-state index in [-0.39, 0.29) is 6.42 Å². The van der Waals surface area contributed by atoms with Crippen molar-refractivity contribution < 1.29 is 18.7 Å². The second-order valence-electron chi connectivity index (χ2n) is 4.26. The van der Waals surface area contributed by atoms with E-state index in [0.29, 0.717) is 0 Å². The molecule has 0 aliphatic rings. The Morgan fingerprint density at radius 1 is 1.47 bits per heavy atom. The third-order valence-corrected chi connectivity index (χ3v) is 1.74. The number of carbonyl (C=O) groups is 1. The highest BCUT2D eigenvalue weighted by molar-refractivity contribution is 5.67. The fourth-order valence-electron chi connectivity index (χ4n) is 1.01. The highest BCUT2D eigenvalue weighted by Gasteiger charge is 2.24. The van der Waals surface area contributed by atoms with Gasteiger partial charge in [-0.1, -0.05) is 0 Å². The molecule has 0 aromatic rings. The molecule has 0 aromatic heterocycles. The molecule has 4 nitrogen and oxygen atoms in total. The maximum absolute atomic E-state index is 12.1. The summed E-state index contributed by atoms with van der Waals surface area (Å²) in [7, 11) is 2.96. The number of hydrogen-bond acceptors (Lipinski definition) is 3. The number of halogens is 1. The van der Waals surface area contributed by atoms with Crippen molar-refractivity contribution in [1.82, 2.24) is 4.90 Å². The molecule has 0 N–H and O–H groups in total. The van der Waals surface area contributed by atoms with Crippen LogP contribution >= 0.6 is 0 Å². The number of rotatable bonds is 4. The first-order chi connectivity index (χ1) is 6.81. The Bertz CT molecular complexity index is 203. The van der Waals surface area contributed by atoms with Crippen molar-refractivity contribution in [1.29, 1.82) is 0 Å². The molecular weight excluding hydrogens is 201 g/mol. The number of hydrogen-bond donors (Lipinski definition) is 0. The molecule has 0 saturated heterocycles. The van der Waals surface area contributed by atoms with E-state index in [9.17, 15) is 9.18 Å². The van der Waals surface area contributed by atoms with Crippen molar-refractivity contribution in [3.63, 3.8) is 0 Å². The van der Waals surface area contributed by atoms with E-state index in [1.54, 1.807) is 20.8 Å². The number of ether oxygens (including phenoxy) is 2. The number of carbonyl (C=O) groups excluding carboxylic acids is 1. The average Bonchev–Trinajstić information content (AvgIpc) is 2.10. The molecule has 0 aliphatic carbocycles. The second kappa shape index (κ2) is 5.90. The van der Waals surface area contributed by atoms with Crippen molar-refractivity contribution in [3.8, 4) is 0 Å². The van der Waals surface area contributed by atoms with Crippen LogP contribution in [0.25, 0.3) is 0 Å². The highest BCUT2D eigenvalue weighted by atomic mass is 19.1. The van der Waals surface area contributed by atoms with Gasteiger partial charge in [0, 0.05) is 20.6 Å². The monoisotopic (exact) mass is 221 g/mol. The summed E-state index contributed by atoms with van der Waals surface area (Å²) in [6.07, 6.45) is -0.945. The predicted molar refractivity (Wildman–Crippen MR) is 55.4 cm³/mol. The third-order valence-electron chi connectivity index (χ3n) is 1.74. The standard InChI is InChI=1S/C10H20FNO3/c1-10(2,3)15-9(13)12(4)8(14-5)6-7-11/h8H,6-7H2,1-5H3. The van der Waals surface area contributed by atoms with Crippen LogP contribution in [0.5, 0.6) is 0 Å². The summed E-state index contributed by atoms with van der Waals surface area (Å²) in [5, 5.41) is 0. The topological polar surface area (TPSA) is 38.8 Å². The summed E-state index contributed by atoms with van der Waals surface area (Å²) in [4.78, 5) is 12.8. The van der Waals surface area contributed by atoms with Crippen LogP contribution in [-0.2, 0) is 9.47 Å². The molecule has 0 spiro atoms. The molecule has 15 heavy (non-hydrogen) atoms. The highest BCUT2D eigenvalue weighted by Crippen LogP contribution is 2.12. The molecule has 0 rings (SSSR count). The van der Waals surface area contributed by atoms with Crippen molar-refractivity contribution in [2.45, 2.75) is 39.0 Å². The van der Waals surface area contributed by atoms with Gasteiger partial charge in [0.2, 0.25) is 0 Å². The molecule has 0 radical (unpaired) electrons. The minimum Gasteiger partial charge on any atom is -0.444 e. The predicted octanol–water partition coefficient (Wildman–Crippen LogP) is 2.19. The van der Waals surface area contributed by atoms with Gasteiger partial charge in [-0.15, -0.1) is 0 Å². The molecule has 0 saturated carbocycles. The first-order valence-electron chi connectivity index (χ1n) is 4.86. The summed E-state index contributed by atoms with van der Waals surface area (Å²) in [6.45, 7) is 4.78. The first-order valence-corrected chi connectivity index (χ1v) is 4.86. The maximum atomic E-state index is 12.1. The molecule has 1 amide bonds. The molecule has 0 heterocycles. The van der Waals surface area contributed by atoms with Gasteiger partial charge in [-0.05, 0) is 20.8 Å². The van der Waals surface area contributed by atoms with E-state index in [2.05, 4.69) is 0 Å². The van der Waals surface area contributed by atoms with E-state index in [1.807, 2.05) is 0 Å². The van der Waals surface area contributed by atoms with Crippen molar-refractivity contribution in [2.75, 3.05) is 20.8 Å². The van der Waals surface area contributed by atoms with Gasteiger partial charge in [-0.3, -0.25) is 9.29 Å². The van der Waals surface area contributed by atoms with Crippen LogP contribution in [-0.4, -0.2) is 43.7 Å². The molecule has 0 fully saturated rings. The summed E-state index contributed by atoms with van der Waals surface area (Å²) < 4.78 is 22.2. The fourth-order valence-corrected chi connectivity index (χ4v) is 1.01. The Kier molecular flexibility index (Phi) is 5.57. The van der Waals surface area contributed by atoms with E-state index in [4.69, 9.17) is 9.47 Å². The lowest BCUT2D eigenvalue weighted by Gasteiger charge is -2.29. The number of methoxy groups -OCH3 is 1. The van der Waals surface area contributed by atoms with Gasteiger partial charge >= 0.3 is 6.09 Å². The first kappa shape index (κ1) is 14.2. The average molecular weight is 221 g/mol. The second-order valence-corrected chi connectivity index (χ2v) is 4.26. The summed E-state index contributed by atoms with van der Waals surface area (Å²) in [5.74, 6) is 0. The van der Waals surface area contributed by atoms with E-state index in [0.717, 1.165) is 0 Å². The molecule has 1 atom stereocenters. The smallest absolute Gasteiger partial charge is 0.412 e. The Hall–Kier alpha value is -0.840. The summed E-state index contributed by atoms with van der Waals surface area (Å²) >= 11 is 0. The molecular formula is C10H20FNO3. The molecule has 0 bridgehead atoms. The molecule has 5 heteroatoms. The van der Waals surface area contributed by atoms with Gasteiger partial charge in [0.15, 0.2) is 0 Å². The quantitative estimate of drug-likeness (QED) is 0.683. The van der Waals surface area contributed by atoms with Crippen molar-refractivity contribution in [3.05, 3.63) is 0 Å². The SMILES string of the molecule is COC(CCF)N(C)C(=O)OC(C)(C)C. The number of alkyl halides is 1. The maximum Gasteiger partial charge on any atom is 0.412 e. The summed E-state index contributed by atoms with van der Waals surface area (Å²) in [5.41, 5.74) is -0.556. The largest absolute Gasteiger partial charge is 0.444 e. The van der Waals surface area contributed by atoms with Gasteiger partial charge in [-0.2, -0.15) is 0 Å². The van der Waals surface area contributed by atoms with Crippen molar-refractivity contribution >= 4 is 6.09 Å². The Labute approximate surface area is 90.3 Å². The Morgan fingerprint density at radius 2 is 2.00 bits per heavy atom. The van der Waals surface area contributed by atoms with Crippen LogP contribution in [0.2, 0.25) is 0 Å². The van der Waals surface area contributed by atoms with Crippen LogP contribution in [0.1, 0.15) is 27.2 Å². The van der Waals surface area contributed by atoms with Crippen LogP contribution in [0, 0.1) is 0 Å². The fraction of sp³-hybridized carbons (Fsp3) is 0.900. The van der Waals surface area contributed by atoms with Crippen molar-refractivity contribution in [2.24, 2.45) is 0 Å². The van der Waals surface area contributed by atoms with Gasteiger partial charge in [-0.25, -0.2) is 4.79 Å². The van der Waals surface area contributed by atoms with Crippen LogP contribution in [0.3, 0.4) is 0 Å². The van der Waals surface area contributed by atoms with Gasteiger partial charge in [0.25, 0.3) is 0 Å². The lowest BCUT2D eigenvalue weighted by atomic mass is 10.2. The molecule has 0 aromatic carbocycles. The Balaban J connectivity index is 4.28. The van der Waals surface area contributed by atoms with Gasteiger partial charge in [0.1, 0.15) is 11.8 Å². The minimum atomic E-state index is -0.579. The lowest BCUT2D eigenvalue weighted by Crippen LogP contribution is -2.41. The number of nitrogens with zero attached hydrogens (tertiary/aromatic N) is 1. The van der Waals surface area contributed by atoms with E-state index in [1.165, 1.54) is 19.1 Å². The third kappa shape index (κ3) is 5.57. The zero-order chi connectivity index (χ0) is 12.1. The molecule has 1 unspecified atom stereocenters. The zero-order valence-corrected chi connectivity index (χ0v) is 10.0. The van der Waals surface area contributed by atoms with Crippen LogP contribution < -0.4 is 0 Å². The lowest BCUT2D eigenvalue weighted by molar-refractivity contribution is -0.0442. The zero-order valence-electron chi connectivity index (χ0n) is 10.0. The van der Waals surface area contributed by atoms with Crippen LogP contribution in [0.4, 0.5) is 9.18 Å².